The first-order valence-corrected chi connectivity index (χ1v) is 11.8. The molecule has 4 amide bonds. The number of nitrogens with zero attached hydrogens (tertiary/aromatic N) is 2. The van der Waals surface area contributed by atoms with E-state index < -0.39 is 23.7 Å². The van der Waals surface area contributed by atoms with Crippen molar-refractivity contribution in [3.05, 3.63) is 85.0 Å². The third-order valence-corrected chi connectivity index (χ3v) is 8.50. The van der Waals surface area contributed by atoms with Crippen molar-refractivity contribution in [3.63, 3.8) is 0 Å². The summed E-state index contributed by atoms with van der Waals surface area (Å²) >= 11 is 0. The van der Waals surface area contributed by atoms with E-state index in [1.54, 1.807) is 24.3 Å². The van der Waals surface area contributed by atoms with Gasteiger partial charge in [0, 0.05) is 0 Å². The topological polar surface area (TPSA) is 74.8 Å². The lowest BCUT2D eigenvalue weighted by Crippen LogP contribution is -2.54. The second kappa shape index (κ2) is 6.86. The van der Waals surface area contributed by atoms with Crippen molar-refractivity contribution in [2.45, 2.75) is 0 Å². The standard InChI is InChI=1S/C28H22N2O4/c31-25-20-14-12-17-18-11-13-19(21(17)24(20)28(34)29(25)15-7-3-1-4-8-15)23-22(18)26(32)30(27(23)33)16-9-5-2-6-10-16/h1-14,17-24H. The lowest BCUT2D eigenvalue weighted by molar-refractivity contribution is -0.135. The molecule has 4 aliphatic carbocycles. The molecule has 6 aliphatic rings. The molecule has 3 fully saturated rings. The van der Waals surface area contributed by atoms with Crippen molar-refractivity contribution >= 4 is 35.0 Å². The van der Waals surface area contributed by atoms with E-state index >= 15 is 0 Å². The van der Waals surface area contributed by atoms with Crippen LogP contribution in [0.1, 0.15) is 0 Å². The lowest BCUT2D eigenvalue weighted by Gasteiger charge is -2.52. The monoisotopic (exact) mass is 450 g/mol. The number of rotatable bonds is 2. The number of hydrogen-bond acceptors (Lipinski definition) is 4. The fourth-order valence-corrected chi connectivity index (χ4v) is 7.23. The molecule has 8 atom stereocenters. The summed E-state index contributed by atoms with van der Waals surface area (Å²) in [6.07, 6.45) is 8.00. The summed E-state index contributed by atoms with van der Waals surface area (Å²) in [5.41, 5.74) is 1.17. The predicted octanol–water partition coefficient (Wildman–Crippen LogP) is 3.22. The van der Waals surface area contributed by atoms with Crippen LogP contribution in [0.3, 0.4) is 0 Å². The van der Waals surface area contributed by atoms with E-state index in [-0.39, 0.29) is 47.3 Å². The Labute approximate surface area is 196 Å². The van der Waals surface area contributed by atoms with E-state index in [0.717, 1.165) is 0 Å². The third-order valence-electron chi connectivity index (χ3n) is 8.50. The predicted molar refractivity (Wildman–Crippen MR) is 124 cm³/mol. The Kier molecular flexibility index (Phi) is 3.96. The van der Waals surface area contributed by atoms with Gasteiger partial charge in [-0.3, -0.25) is 24.1 Å². The molecule has 168 valence electrons. The zero-order valence-corrected chi connectivity index (χ0v) is 18.2. The van der Waals surface area contributed by atoms with E-state index in [1.165, 1.54) is 9.80 Å². The van der Waals surface area contributed by atoms with Crippen molar-refractivity contribution in [1.82, 2.24) is 0 Å². The van der Waals surface area contributed by atoms with Crippen LogP contribution in [0.4, 0.5) is 11.4 Å². The van der Waals surface area contributed by atoms with Crippen molar-refractivity contribution < 1.29 is 19.2 Å². The summed E-state index contributed by atoms with van der Waals surface area (Å²) in [7, 11) is 0. The number of benzene rings is 2. The van der Waals surface area contributed by atoms with Crippen LogP contribution in [0.15, 0.2) is 85.0 Å². The summed E-state index contributed by atoms with van der Waals surface area (Å²) in [6, 6.07) is 18.1. The zero-order chi connectivity index (χ0) is 23.1. The maximum Gasteiger partial charge on any atom is 0.241 e. The quantitative estimate of drug-likeness (QED) is 0.520. The lowest BCUT2D eigenvalue weighted by atomic mass is 9.49. The molecule has 6 heteroatoms. The SMILES string of the molecule is O=C1C2C=CC3C4C=CC(C5C(=O)N(c6ccccc6)C(=O)C45)C3C2C(=O)N1c1ccccc1. The fourth-order valence-electron chi connectivity index (χ4n) is 7.23. The first-order valence-electron chi connectivity index (χ1n) is 11.8. The number of allylic oxidation sites excluding steroid dienone is 3. The molecular formula is C28H22N2O4. The highest BCUT2D eigenvalue weighted by molar-refractivity contribution is 6.24. The molecule has 2 bridgehead atoms. The minimum Gasteiger partial charge on any atom is -0.274 e. The van der Waals surface area contributed by atoms with Gasteiger partial charge < -0.3 is 0 Å². The smallest absolute Gasteiger partial charge is 0.241 e. The van der Waals surface area contributed by atoms with Crippen molar-refractivity contribution in [1.29, 1.82) is 0 Å². The number of para-hydroxylation sites is 2. The second-order valence-corrected chi connectivity index (χ2v) is 9.88. The second-order valence-electron chi connectivity index (χ2n) is 9.88. The molecular weight excluding hydrogens is 428 g/mol. The van der Waals surface area contributed by atoms with E-state index in [1.807, 2.05) is 54.6 Å². The normalized spacial score (nSPS) is 37.3. The zero-order valence-electron chi connectivity index (χ0n) is 18.2. The number of hydrogen-bond donors (Lipinski definition) is 0. The van der Waals surface area contributed by atoms with Crippen LogP contribution in [0.25, 0.3) is 0 Å². The largest absolute Gasteiger partial charge is 0.274 e. The Balaban J connectivity index is 1.29. The molecule has 2 aromatic rings. The van der Waals surface area contributed by atoms with Crippen molar-refractivity contribution in [2.75, 3.05) is 9.80 Å². The third kappa shape index (κ3) is 2.35. The van der Waals surface area contributed by atoms with Gasteiger partial charge in [-0.05, 0) is 47.9 Å². The maximum atomic E-state index is 13.7. The van der Waals surface area contributed by atoms with Crippen LogP contribution in [0.2, 0.25) is 0 Å². The van der Waals surface area contributed by atoms with E-state index in [9.17, 15) is 19.2 Å². The minimum atomic E-state index is -0.530. The number of imide groups is 2. The highest BCUT2D eigenvalue weighted by Gasteiger charge is 2.67. The number of carbonyl (C=O) groups excluding carboxylic acids is 4. The number of amides is 4. The Bertz CT molecular complexity index is 1300. The molecule has 2 heterocycles. The van der Waals surface area contributed by atoms with Crippen LogP contribution < -0.4 is 9.80 Å². The van der Waals surface area contributed by atoms with Gasteiger partial charge in [-0.2, -0.15) is 0 Å². The Morgan fingerprint density at radius 1 is 0.471 bits per heavy atom. The number of anilines is 2. The molecule has 2 aliphatic heterocycles. The van der Waals surface area contributed by atoms with Gasteiger partial charge in [0.1, 0.15) is 0 Å². The first kappa shape index (κ1) is 19.6. The molecule has 34 heavy (non-hydrogen) atoms. The van der Waals surface area contributed by atoms with Gasteiger partial charge in [0.05, 0.1) is 35.0 Å². The molecule has 6 nitrogen and oxygen atoms in total. The average Bonchev–Trinajstić information content (AvgIpc) is 3.30. The molecule has 1 saturated carbocycles. The molecule has 0 spiro atoms. The molecule has 0 aromatic heterocycles. The molecule has 0 radical (unpaired) electrons. The Morgan fingerprint density at radius 3 is 1.56 bits per heavy atom. The van der Waals surface area contributed by atoms with Crippen LogP contribution in [-0.2, 0) is 19.2 Å². The average molecular weight is 450 g/mol. The molecule has 0 N–H and O–H groups in total. The van der Waals surface area contributed by atoms with E-state index in [4.69, 9.17) is 0 Å². The van der Waals surface area contributed by atoms with Crippen LogP contribution in [0.5, 0.6) is 0 Å². The number of fused-ring (bicyclic) bond motifs is 1. The van der Waals surface area contributed by atoms with Gasteiger partial charge in [0.2, 0.25) is 23.6 Å². The van der Waals surface area contributed by atoms with Gasteiger partial charge >= 0.3 is 0 Å². The van der Waals surface area contributed by atoms with Crippen molar-refractivity contribution in [3.8, 4) is 0 Å². The van der Waals surface area contributed by atoms with Crippen LogP contribution in [0, 0.1) is 47.3 Å². The summed E-state index contributed by atoms with van der Waals surface area (Å²) < 4.78 is 0. The summed E-state index contributed by atoms with van der Waals surface area (Å²) in [6.45, 7) is 0. The summed E-state index contributed by atoms with van der Waals surface area (Å²) in [5.74, 6) is -3.37. The fraction of sp³-hybridized carbons (Fsp3) is 0.286. The van der Waals surface area contributed by atoms with Gasteiger partial charge in [0.15, 0.2) is 0 Å². The van der Waals surface area contributed by atoms with Crippen LogP contribution >= 0.6 is 0 Å². The summed E-state index contributed by atoms with van der Waals surface area (Å²) in [5, 5.41) is 0. The van der Waals surface area contributed by atoms with Gasteiger partial charge in [-0.1, -0.05) is 60.7 Å². The minimum absolute atomic E-state index is 0.0440. The summed E-state index contributed by atoms with van der Waals surface area (Å²) in [4.78, 5) is 56.8. The molecule has 2 saturated heterocycles. The van der Waals surface area contributed by atoms with E-state index in [0.29, 0.717) is 11.4 Å². The van der Waals surface area contributed by atoms with Gasteiger partial charge in [-0.15, -0.1) is 0 Å². The Morgan fingerprint density at radius 2 is 0.941 bits per heavy atom. The number of carbonyl (C=O) groups is 4. The molecule has 8 rings (SSSR count). The van der Waals surface area contributed by atoms with Crippen LogP contribution in [-0.4, -0.2) is 23.6 Å². The molecule has 8 unspecified atom stereocenters. The highest BCUT2D eigenvalue weighted by atomic mass is 16.2. The molecule has 2 aromatic carbocycles. The van der Waals surface area contributed by atoms with Gasteiger partial charge in [0.25, 0.3) is 0 Å². The maximum absolute atomic E-state index is 13.7. The first-order chi connectivity index (χ1) is 16.6. The van der Waals surface area contributed by atoms with Gasteiger partial charge in [-0.25, -0.2) is 4.90 Å². The van der Waals surface area contributed by atoms with E-state index in [2.05, 4.69) is 6.08 Å². The Hall–Kier alpha value is -3.80. The highest BCUT2D eigenvalue weighted by Crippen LogP contribution is 2.61. The van der Waals surface area contributed by atoms with Crippen molar-refractivity contribution in [2.24, 2.45) is 47.3 Å².